The Balaban J connectivity index is 1.54. The molecule has 2 aromatic rings. The summed E-state index contributed by atoms with van der Waals surface area (Å²) in [4.78, 5) is 40.3. The van der Waals surface area contributed by atoms with Crippen molar-refractivity contribution in [1.29, 1.82) is 0 Å². The maximum Gasteiger partial charge on any atom is 0.261 e. The fourth-order valence-electron chi connectivity index (χ4n) is 3.39. The Morgan fingerprint density at radius 1 is 1.00 bits per heavy atom. The molecule has 158 valence electrons. The lowest BCUT2D eigenvalue weighted by Crippen LogP contribution is -2.32. The molecular formula is C22H23BrN2O5. The van der Waals surface area contributed by atoms with Gasteiger partial charge in [0.25, 0.3) is 11.8 Å². The monoisotopic (exact) mass is 474 g/mol. The second-order valence-corrected chi connectivity index (χ2v) is 7.91. The zero-order valence-electron chi connectivity index (χ0n) is 17.1. The number of imide groups is 1. The van der Waals surface area contributed by atoms with E-state index in [1.165, 1.54) is 4.90 Å². The molecule has 0 N–H and O–H groups in total. The normalized spacial score (nSPS) is 12.7. The van der Waals surface area contributed by atoms with Crippen LogP contribution in [-0.2, 0) is 11.3 Å². The minimum Gasteiger partial charge on any atom is -0.493 e. The first-order chi connectivity index (χ1) is 14.3. The number of methoxy groups -OCH3 is 2. The molecule has 2 aromatic carbocycles. The van der Waals surface area contributed by atoms with Gasteiger partial charge < -0.3 is 14.4 Å². The van der Waals surface area contributed by atoms with E-state index in [1.807, 2.05) is 12.1 Å². The Morgan fingerprint density at radius 2 is 1.70 bits per heavy atom. The Morgan fingerprint density at radius 3 is 2.40 bits per heavy atom. The minimum absolute atomic E-state index is 0.0656. The Labute approximate surface area is 183 Å². The highest BCUT2D eigenvalue weighted by Gasteiger charge is 2.35. The van der Waals surface area contributed by atoms with E-state index in [0.29, 0.717) is 35.6 Å². The van der Waals surface area contributed by atoms with Crippen LogP contribution in [0, 0.1) is 0 Å². The lowest BCUT2D eigenvalue weighted by molar-refractivity contribution is -0.130. The number of fused-ring (bicyclic) bond motifs is 1. The van der Waals surface area contributed by atoms with Crippen molar-refractivity contribution < 1.29 is 23.9 Å². The molecule has 3 amide bonds. The van der Waals surface area contributed by atoms with Gasteiger partial charge >= 0.3 is 0 Å². The molecule has 0 atom stereocenters. The van der Waals surface area contributed by atoms with Crippen LogP contribution in [-0.4, -0.2) is 55.3 Å². The molecule has 0 radical (unpaired) electrons. The van der Waals surface area contributed by atoms with Gasteiger partial charge in [-0.3, -0.25) is 19.3 Å². The Bertz CT molecular complexity index is 991. The zero-order valence-corrected chi connectivity index (χ0v) is 18.7. The molecular weight excluding hydrogens is 452 g/mol. The van der Waals surface area contributed by atoms with Gasteiger partial charge in [-0.15, -0.1) is 0 Å². The number of carbonyl (C=O) groups is 3. The predicted octanol–water partition coefficient (Wildman–Crippen LogP) is 3.50. The molecule has 0 bridgehead atoms. The summed E-state index contributed by atoms with van der Waals surface area (Å²) >= 11 is 3.32. The highest BCUT2D eigenvalue weighted by atomic mass is 79.9. The summed E-state index contributed by atoms with van der Waals surface area (Å²) in [5.74, 6) is 0.538. The summed E-state index contributed by atoms with van der Waals surface area (Å²) in [7, 11) is 4.85. The van der Waals surface area contributed by atoms with Crippen molar-refractivity contribution >= 4 is 33.7 Å². The molecule has 0 unspecified atom stereocenters. The topological polar surface area (TPSA) is 76.2 Å². The van der Waals surface area contributed by atoms with Gasteiger partial charge in [0, 0.05) is 31.0 Å². The summed E-state index contributed by atoms with van der Waals surface area (Å²) < 4.78 is 11.3. The predicted molar refractivity (Wildman–Crippen MR) is 115 cm³/mol. The summed E-state index contributed by atoms with van der Waals surface area (Å²) in [6.45, 7) is 0.625. The van der Waals surface area contributed by atoms with Crippen molar-refractivity contribution in [2.75, 3.05) is 27.8 Å². The second kappa shape index (κ2) is 9.30. The Hall–Kier alpha value is -2.87. The number of hydrogen-bond acceptors (Lipinski definition) is 5. The lowest BCUT2D eigenvalue weighted by atomic mass is 10.1. The standard InChI is InChI=1S/C22H23BrN2O5/c1-24(13-14-6-9-18(29-2)19(11-14)30-3)20(26)5-4-10-25-21(27)16-8-7-15(23)12-17(16)22(25)28/h6-9,11-12H,4-5,10,13H2,1-3H3. The SMILES string of the molecule is COc1ccc(CN(C)C(=O)CCCN2C(=O)c3ccc(Br)cc3C2=O)cc1OC. The molecule has 1 aliphatic heterocycles. The smallest absolute Gasteiger partial charge is 0.261 e. The van der Waals surface area contributed by atoms with E-state index in [4.69, 9.17) is 9.47 Å². The molecule has 0 saturated carbocycles. The number of rotatable bonds is 8. The minimum atomic E-state index is -0.317. The molecule has 1 heterocycles. The number of nitrogens with zero attached hydrogens (tertiary/aromatic N) is 2. The van der Waals surface area contributed by atoms with Crippen molar-refractivity contribution in [3.05, 3.63) is 57.6 Å². The maximum atomic E-state index is 12.5. The molecule has 0 aliphatic carbocycles. The van der Waals surface area contributed by atoms with Gasteiger partial charge in [-0.05, 0) is 42.3 Å². The molecule has 0 saturated heterocycles. The molecule has 30 heavy (non-hydrogen) atoms. The van der Waals surface area contributed by atoms with Crippen LogP contribution in [0.2, 0.25) is 0 Å². The quantitative estimate of drug-likeness (QED) is 0.547. The summed E-state index contributed by atoms with van der Waals surface area (Å²) in [6.07, 6.45) is 0.642. The van der Waals surface area contributed by atoms with Crippen LogP contribution in [0.25, 0.3) is 0 Å². The van der Waals surface area contributed by atoms with E-state index in [0.717, 1.165) is 10.0 Å². The maximum absolute atomic E-state index is 12.5. The third-order valence-electron chi connectivity index (χ3n) is 5.00. The lowest BCUT2D eigenvalue weighted by Gasteiger charge is -2.19. The fraction of sp³-hybridized carbons (Fsp3) is 0.318. The fourth-order valence-corrected chi connectivity index (χ4v) is 3.75. The molecule has 7 nitrogen and oxygen atoms in total. The van der Waals surface area contributed by atoms with Crippen molar-refractivity contribution in [2.45, 2.75) is 19.4 Å². The number of halogens is 1. The molecule has 0 fully saturated rings. The first kappa shape index (κ1) is 21.8. The van der Waals surface area contributed by atoms with Crippen LogP contribution in [0.5, 0.6) is 11.5 Å². The van der Waals surface area contributed by atoms with Gasteiger partial charge in [0.2, 0.25) is 5.91 Å². The van der Waals surface area contributed by atoms with E-state index in [9.17, 15) is 14.4 Å². The van der Waals surface area contributed by atoms with E-state index >= 15 is 0 Å². The number of benzene rings is 2. The largest absolute Gasteiger partial charge is 0.493 e. The van der Waals surface area contributed by atoms with Crippen molar-refractivity contribution in [3.63, 3.8) is 0 Å². The molecule has 0 spiro atoms. The van der Waals surface area contributed by atoms with Crippen LogP contribution in [0.1, 0.15) is 39.1 Å². The summed E-state index contributed by atoms with van der Waals surface area (Å²) in [5, 5.41) is 0. The molecule has 1 aliphatic rings. The van der Waals surface area contributed by atoms with Gasteiger partial charge in [0.1, 0.15) is 0 Å². The van der Waals surface area contributed by atoms with Gasteiger partial charge in [0.15, 0.2) is 11.5 Å². The van der Waals surface area contributed by atoms with E-state index < -0.39 is 0 Å². The molecule has 8 heteroatoms. The van der Waals surface area contributed by atoms with Crippen LogP contribution in [0.3, 0.4) is 0 Å². The third kappa shape index (κ3) is 4.48. The van der Waals surface area contributed by atoms with Crippen LogP contribution >= 0.6 is 15.9 Å². The second-order valence-electron chi connectivity index (χ2n) is 6.99. The first-order valence-corrected chi connectivity index (χ1v) is 10.3. The highest BCUT2D eigenvalue weighted by molar-refractivity contribution is 9.10. The number of ether oxygens (including phenoxy) is 2. The number of hydrogen-bond donors (Lipinski definition) is 0. The number of amides is 3. The first-order valence-electron chi connectivity index (χ1n) is 9.46. The highest BCUT2D eigenvalue weighted by Crippen LogP contribution is 2.28. The van der Waals surface area contributed by atoms with Crippen molar-refractivity contribution in [3.8, 4) is 11.5 Å². The summed E-state index contributed by atoms with van der Waals surface area (Å²) in [6, 6.07) is 10.5. The van der Waals surface area contributed by atoms with Crippen LogP contribution in [0.4, 0.5) is 0 Å². The van der Waals surface area contributed by atoms with E-state index in [-0.39, 0.29) is 30.7 Å². The van der Waals surface area contributed by atoms with E-state index in [2.05, 4.69) is 15.9 Å². The van der Waals surface area contributed by atoms with Crippen molar-refractivity contribution in [1.82, 2.24) is 9.80 Å². The van der Waals surface area contributed by atoms with E-state index in [1.54, 1.807) is 50.4 Å². The van der Waals surface area contributed by atoms with Gasteiger partial charge in [-0.1, -0.05) is 22.0 Å². The third-order valence-corrected chi connectivity index (χ3v) is 5.49. The zero-order chi connectivity index (χ0) is 21.8. The van der Waals surface area contributed by atoms with Crippen molar-refractivity contribution in [2.24, 2.45) is 0 Å². The Kier molecular flexibility index (Phi) is 6.77. The number of carbonyl (C=O) groups excluding carboxylic acids is 3. The van der Waals surface area contributed by atoms with Crippen LogP contribution < -0.4 is 9.47 Å². The summed E-state index contributed by atoms with van der Waals surface area (Å²) in [5.41, 5.74) is 1.71. The van der Waals surface area contributed by atoms with Gasteiger partial charge in [-0.25, -0.2) is 0 Å². The molecule has 3 rings (SSSR count). The van der Waals surface area contributed by atoms with Gasteiger partial charge in [-0.2, -0.15) is 0 Å². The van der Waals surface area contributed by atoms with Crippen LogP contribution in [0.15, 0.2) is 40.9 Å². The van der Waals surface area contributed by atoms with Gasteiger partial charge in [0.05, 0.1) is 25.3 Å². The average Bonchev–Trinajstić information content (AvgIpc) is 2.97. The molecule has 0 aromatic heterocycles. The average molecular weight is 475 g/mol.